The van der Waals surface area contributed by atoms with Gasteiger partial charge in [0.05, 0.1) is 17.6 Å². The third-order valence-electron chi connectivity index (χ3n) is 6.14. The highest BCUT2D eigenvalue weighted by atomic mass is 16.6. The van der Waals surface area contributed by atoms with Gasteiger partial charge in [0.2, 0.25) is 0 Å². The van der Waals surface area contributed by atoms with Crippen molar-refractivity contribution in [2.24, 2.45) is 11.8 Å². The summed E-state index contributed by atoms with van der Waals surface area (Å²) in [6.45, 7) is 5.52. The predicted octanol–water partition coefficient (Wildman–Crippen LogP) is 3.84. The van der Waals surface area contributed by atoms with Crippen LogP contribution < -0.4 is 0 Å². The minimum atomic E-state index is -0.953. The van der Waals surface area contributed by atoms with Crippen molar-refractivity contribution < 1.29 is 24.5 Å². The lowest BCUT2D eigenvalue weighted by molar-refractivity contribution is -0.121. The van der Waals surface area contributed by atoms with Gasteiger partial charge in [-0.15, -0.1) is 0 Å². The van der Waals surface area contributed by atoms with E-state index in [1.54, 1.807) is 12.1 Å². The third kappa shape index (κ3) is 6.41. The molecule has 168 valence electrons. The second kappa shape index (κ2) is 9.54. The summed E-state index contributed by atoms with van der Waals surface area (Å²) in [5.41, 5.74) is 0.126. The highest BCUT2D eigenvalue weighted by Gasteiger charge is 2.40. The van der Waals surface area contributed by atoms with Crippen LogP contribution in [0.4, 0.5) is 0 Å². The summed E-state index contributed by atoms with van der Waals surface area (Å²) in [5.74, 6) is 5.07. The summed E-state index contributed by atoms with van der Waals surface area (Å²) in [7, 11) is 0. The second-order valence-corrected chi connectivity index (χ2v) is 9.97. The summed E-state index contributed by atoms with van der Waals surface area (Å²) in [6, 6.07) is 7.36. The van der Waals surface area contributed by atoms with E-state index in [1.807, 2.05) is 32.9 Å². The fourth-order valence-electron chi connectivity index (χ4n) is 4.46. The summed E-state index contributed by atoms with van der Waals surface area (Å²) in [5, 5.41) is 20.8. The van der Waals surface area contributed by atoms with Crippen molar-refractivity contribution in [2.75, 3.05) is 0 Å². The molecule has 2 N–H and O–H groups in total. The summed E-state index contributed by atoms with van der Waals surface area (Å²) in [4.78, 5) is 24.5. The molecule has 0 aromatic heterocycles. The quantitative estimate of drug-likeness (QED) is 0.552. The van der Waals surface area contributed by atoms with E-state index in [0.717, 1.165) is 31.2 Å². The standard InChI is InChI=1S/C26H34O5/c1-25(2,3)31-24(29)19-11-9-18(10-12-19)7-6-8-20-21(23(28)17-22(20)27)13-16-26(30)14-4-5-15-26/h9-12,20-21,23,28,30H,4-8,14-15,17H2,1-3H3/t20-,21-,23-/m1/s1. The van der Waals surface area contributed by atoms with Gasteiger partial charge in [0.15, 0.2) is 0 Å². The van der Waals surface area contributed by atoms with Crippen LogP contribution in [-0.2, 0) is 16.0 Å². The van der Waals surface area contributed by atoms with Crippen molar-refractivity contribution in [3.05, 3.63) is 35.4 Å². The number of esters is 1. The van der Waals surface area contributed by atoms with Gasteiger partial charge in [0.25, 0.3) is 0 Å². The van der Waals surface area contributed by atoms with Crippen LogP contribution >= 0.6 is 0 Å². The van der Waals surface area contributed by atoms with Gasteiger partial charge in [0, 0.05) is 12.3 Å². The fraction of sp³-hybridized carbons (Fsp3) is 0.615. The number of hydrogen-bond acceptors (Lipinski definition) is 5. The highest BCUT2D eigenvalue weighted by Crippen LogP contribution is 2.34. The van der Waals surface area contributed by atoms with E-state index in [0.29, 0.717) is 24.8 Å². The van der Waals surface area contributed by atoms with Crippen molar-refractivity contribution in [1.29, 1.82) is 0 Å². The number of aliphatic hydroxyl groups is 2. The number of carbonyl (C=O) groups is 2. The van der Waals surface area contributed by atoms with Crippen LogP contribution in [0.25, 0.3) is 0 Å². The van der Waals surface area contributed by atoms with Crippen LogP contribution in [0, 0.1) is 23.7 Å². The third-order valence-corrected chi connectivity index (χ3v) is 6.14. The first kappa shape index (κ1) is 23.5. The smallest absolute Gasteiger partial charge is 0.338 e. The second-order valence-electron chi connectivity index (χ2n) is 9.97. The molecule has 2 saturated carbocycles. The van der Waals surface area contributed by atoms with E-state index in [4.69, 9.17) is 4.74 Å². The maximum absolute atomic E-state index is 12.4. The number of benzene rings is 1. The average Bonchev–Trinajstić information content (AvgIpc) is 3.23. The zero-order valence-corrected chi connectivity index (χ0v) is 18.8. The molecule has 1 aromatic rings. The van der Waals surface area contributed by atoms with Gasteiger partial charge in [-0.2, -0.15) is 0 Å². The molecule has 2 aliphatic rings. The van der Waals surface area contributed by atoms with Crippen molar-refractivity contribution >= 4 is 11.8 Å². The number of aliphatic hydroxyl groups excluding tert-OH is 1. The Morgan fingerprint density at radius 3 is 2.45 bits per heavy atom. The molecule has 0 amide bonds. The lowest BCUT2D eigenvalue weighted by Crippen LogP contribution is -2.24. The van der Waals surface area contributed by atoms with Gasteiger partial charge < -0.3 is 14.9 Å². The molecular formula is C26H34O5. The first-order valence-electron chi connectivity index (χ1n) is 11.3. The molecule has 5 heteroatoms. The molecule has 5 nitrogen and oxygen atoms in total. The van der Waals surface area contributed by atoms with Crippen molar-refractivity contribution in [1.82, 2.24) is 0 Å². The number of Topliss-reactive ketones (excluding diaryl/α,β-unsaturated/α-hetero) is 1. The maximum Gasteiger partial charge on any atom is 0.338 e. The van der Waals surface area contributed by atoms with Crippen molar-refractivity contribution in [3.8, 4) is 11.8 Å². The largest absolute Gasteiger partial charge is 0.456 e. The van der Waals surface area contributed by atoms with Crippen LogP contribution in [-0.4, -0.2) is 39.3 Å². The molecule has 31 heavy (non-hydrogen) atoms. The van der Waals surface area contributed by atoms with Crippen molar-refractivity contribution in [2.45, 2.75) is 89.4 Å². The van der Waals surface area contributed by atoms with Gasteiger partial charge in [-0.05, 0) is 83.4 Å². The molecule has 3 rings (SSSR count). The van der Waals surface area contributed by atoms with Gasteiger partial charge in [-0.1, -0.05) is 24.0 Å². The van der Waals surface area contributed by atoms with Crippen LogP contribution in [0.1, 0.15) is 81.6 Å². The zero-order valence-electron chi connectivity index (χ0n) is 18.8. The predicted molar refractivity (Wildman–Crippen MR) is 118 cm³/mol. The molecule has 0 bridgehead atoms. The molecule has 2 aliphatic carbocycles. The summed E-state index contributed by atoms with van der Waals surface area (Å²) in [6.07, 6.45) is 4.88. The lowest BCUT2D eigenvalue weighted by atomic mass is 9.88. The molecular weight excluding hydrogens is 392 g/mol. The van der Waals surface area contributed by atoms with Gasteiger partial charge in [-0.3, -0.25) is 4.79 Å². The molecule has 1 aromatic carbocycles. The van der Waals surface area contributed by atoms with E-state index in [9.17, 15) is 19.8 Å². The Morgan fingerprint density at radius 2 is 1.84 bits per heavy atom. The Kier molecular flexibility index (Phi) is 7.24. The van der Waals surface area contributed by atoms with Gasteiger partial charge in [0.1, 0.15) is 17.0 Å². The minimum absolute atomic E-state index is 0.0606. The molecule has 0 unspecified atom stereocenters. The van der Waals surface area contributed by atoms with Crippen LogP contribution in [0.2, 0.25) is 0 Å². The topological polar surface area (TPSA) is 83.8 Å². The monoisotopic (exact) mass is 426 g/mol. The number of hydrogen-bond donors (Lipinski definition) is 2. The van der Waals surface area contributed by atoms with Crippen LogP contribution in [0.5, 0.6) is 0 Å². The molecule has 0 aliphatic heterocycles. The number of aryl methyl sites for hydroxylation is 1. The van der Waals surface area contributed by atoms with Gasteiger partial charge >= 0.3 is 5.97 Å². The maximum atomic E-state index is 12.4. The van der Waals surface area contributed by atoms with Crippen LogP contribution in [0.3, 0.4) is 0 Å². The average molecular weight is 427 g/mol. The van der Waals surface area contributed by atoms with E-state index in [2.05, 4.69) is 11.8 Å². The molecule has 3 atom stereocenters. The number of ether oxygens (including phenoxy) is 1. The Balaban J connectivity index is 1.55. The zero-order chi connectivity index (χ0) is 22.6. The Morgan fingerprint density at radius 1 is 1.19 bits per heavy atom. The Bertz CT molecular complexity index is 847. The van der Waals surface area contributed by atoms with E-state index in [-0.39, 0.29) is 24.1 Å². The lowest BCUT2D eigenvalue weighted by Gasteiger charge is -2.19. The SMILES string of the molecule is CC(C)(C)OC(=O)c1ccc(CCC[C@H]2C(=O)C[C@@H](O)[C@@H]2C#CC2(O)CCCC2)cc1. The Hall–Kier alpha value is -2.16. The van der Waals surface area contributed by atoms with E-state index >= 15 is 0 Å². The van der Waals surface area contributed by atoms with E-state index in [1.165, 1.54) is 0 Å². The first-order valence-corrected chi connectivity index (χ1v) is 11.3. The summed E-state index contributed by atoms with van der Waals surface area (Å²) >= 11 is 0. The number of ketones is 1. The first-order chi connectivity index (χ1) is 14.6. The molecule has 0 heterocycles. The Labute approximate surface area is 185 Å². The molecule has 0 saturated heterocycles. The number of carbonyl (C=O) groups excluding carboxylic acids is 2. The summed E-state index contributed by atoms with van der Waals surface area (Å²) < 4.78 is 5.38. The minimum Gasteiger partial charge on any atom is -0.456 e. The highest BCUT2D eigenvalue weighted by molar-refractivity contribution is 5.89. The van der Waals surface area contributed by atoms with Crippen LogP contribution in [0.15, 0.2) is 24.3 Å². The van der Waals surface area contributed by atoms with E-state index < -0.39 is 23.2 Å². The van der Waals surface area contributed by atoms with Gasteiger partial charge in [-0.25, -0.2) is 4.79 Å². The molecule has 0 radical (unpaired) electrons. The number of rotatable bonds is 5. The molecule has 0 spiro atoms. The van der Waals surface area contributed by atoms with Crippen molar-refractivity contribution in [3.63, 3.8) is 0 Å². The fourth-order valence-corrected chi connectivity index (χ4v) is 4.46. The normalized spacial score (nSPS) is 25.2. The molecule has 2 fully saturated rings.